The van der Waals surface area contributed by atoms with Crippen LogP contribution in [0.5, 0.6) is 0 Å². The second kappa shape index (κ2) is 7.49. The number of rotatable bonds is 5. The van der Waals surface area contributed by atoms with Gasteiger partial charge in [-0.1, -0.05) is 75.0 Å². The summed E-state index contributed by atoms with van der Waals surface area (Å²) in [5.41, 5.74) is 3.92. The fourth-order valence-electron chi connectivity index (χ4n) is 2.22. The summed E-state index contributed by atoms with van der Waals surface area (Å²) >= 11 is 15.7. The van der Waals surface area contributed by atoms with Gasteiger partial charge in [0.05, 0.1) is 10.0 Å². The van der Waals surface area contributed by atoms with Gasteiger partial charge in [-0.2, -0.15) is 0 Å². The number of hydrogen-bond donors (Lipinski definition) is 0. The molecule has 0 radical (unpaired) electrons. The van der Waals surface area contributed by atoms with Crippen LogP contribution in [-0.2, 0) is 12.8 Å². The zero-order valence-electron chi connectivity index (χ0n) is 11.4. The summed E-state index contributed by atoms with van der Waals surface area (Å²) in [6.45, 7) is 2.13. The van der Waals surface area contributed by atoms with Crippen molar-refractivity contribution in [2.24, 2.45) is 0 Å². The monoisotopic (exact) mass is 370 g/mol. The molecular weight excluding hydrogens is 355 g/mol. The molecule has 0 amide bonds. The Morgan fingerprint density at radius 1 is 1.00 bits per heavy atom. The Kier molecular flexibility index (Phi) is 5.95. The Morgan fingerprint density at radius 3 is 2.50 bits per heavy atom. The fraction of sp³-hybridized carbons (Fsp3) is 0.294. The molecule has 0 saturated carbocycles. The van der Waals surface area contributed by atoms with E-state index in [1.165, 1.54) is 16.7 Å². The number of aryl methyl sites for hydroxylation is 2. The second-order valence-electron chi connectivity index (χ2n) is 5.08. The van der Waals surface area contributed by atoms with Crippen molar-refractivity contribution < 1.29 is 0 Å². The Bertz CT molecular complexity index is 581. The Morgan fingerprint density at radius 2 is 1.80 bits per heavy atom. The van der Waals surface area contributed by atoms with Crippen LogP contribution in [0.3, 0.4) is 0 Å². The van der Waals surface area contributed by atoms with Gasteiger partial charge < -0.3 is 0 Å². The summed E-state index contributed by atoms with van der Waals surface area (Å²) in [6, 6.07) is 14.5. The molecule has 0 saturated heterocycles. The maximum atomic E-state index is 6.04. The van der Waals surface area contributed by atoms with Crippen LogP contribution in [0.1, 0.15) is 23.1 Å². The van der Waals surface area contributed by atoms with Gasteiger partial charge in [-0.3, -0.25) is 0 Å². The third-order valence-electron chi connectivity index (χ3n) is 3.27. The minimum absolute atomic E-state index is 0.445. The van der Waals surface area contributed by atoms with E-state index in [2.05, 4.69) is 47.1 Å². The molecule has 0 N–H and O–H groups in total. The van der Waals surface area contributed by atoms with E-state index in [4.69, 9.17) is 23.2 Å². The molecule has 0 aliphatic heterocycles. The summed E-state index contributed by atoms with van der Waals surface area (Å²) in [4.78, 5) is 0.445. The minimum Gasteiger partial charge on any atom is -0.0887 e. The van der Waals surface area contributed by atoms with Crippen LogP contribution in [-0.4, -0.2) is 4.83 Å². The molecule has 1 atom stereocenters. The maximum Gasteiger partial charge on any atom is 0.0595 e. The van der Waals surface area contributed by atoms with Gasteiger partial charge in [0.25, 0.3) is 0 Å². The minimum atomic E-state index is 0.445. The van der Waals surface area contributed by atoms with E-state index in [0.29, 0.717) is 14.9 Å². The second-order valence-corrected chi connectivity index (χ2v) is 7.19. The third kappa shape index (κ3) is 4.80. The van der Waals surface area contributed by atoms with E-state index in [0.717, 1.165) is 19.3 Å². The summed E-state index contributed by atoms with van der Waals surface area (Å²) in [5, 5.41) is 1.24. The SMILES string of the molecule is Cc1cccc(CCC(Br)Cc2ccc(Cl)c(Cl)c2)c1. The molecule has 1 unspecified atom stereocenters. The summed E-state index contributed by atoms with van der Waals surface area (Å²) in [7, 11) is 0. The highest BCUT2D eigenvalue weighted by molar-refractivity contribution is 9.09. The van der Waals surface area contributed by atoms with Crippen molar-refractivity contribution in [2.45, 2.75) is 31.0 Å². The highest BCUT2D eigenvalue weighted by Gasteiger charge is 2.08. The molecule has 0 bridgehead atoms. The lowest BCUT2D eigenvalue weighted by molar-refractivity contribution is 0.763. The van der Waals surface area contributed by atoms with E-state index in [9.17, 15) is 0 Å². The van der Waals surface area contributed by atoms with E-state index >= 15 is 0 Å². The highest BCUT2D eigenvalue weighted by Crippen LogP contribution is 2.25. The first-order valence-electron chi connectivity index (χ1n) is 6.68. The molecule has 106 valence electrons. The van der Waals surface area contributed by atoms with Crippen LogP contribution in [0.2, 0.25) is 10.0 Å². The molecule has 2 rings (SSSR count). The van der Waals surface area contributed by atoms with Gasteiger partial charge in [0.1, 0.15) is 0 Å². The molecule has 0 aliphatic carbocycles. The first-order chi connectivity index (χ1) is 9.54. The van der Waals surface area contributed by atoms with Gasteiger partial charge >= 0.3 is 0 Å². The predicted octanol–water partition coefficient (Wildman–Crippen LogP) is 6.24. The Hall–Kier alpha value is -0.500. The topological polar surface area (TPSA) is 0 Å². The van der Waals surface area contributed by atoms with Crippen molar-refractivity contribution in [1.82, 2.24) is 0 Å². The lowest BCUT2D eigenvalue weighted by Gasteiger charge is -2.11. The highest BCUT2D eigenvalue weighted by atomic mass is 79.9. The summed E-state index contributed by atoms with van der Waals surface area (Å²) in [6.07, 6.45) is 3.14. The van der Waals surface area contributed by atoms with Gasteiger partial charge in [0.2, 0.25) is 0 Å². The standard InChI is InChI=1S/C17H17BrCl2/c1-12-3-2-4-13(9-12)5-7-15(18)10-14-6-8-16(19)17(20)11-14/h2-4,6,8-9,11,15H,5,7,10H2,1H3. The smallest absolute Gasteiger partial charge is 0.0595 e. The number of hydrogen-bond acceptors (Lipinski definition) is 0. The van der Waals surface area contributed by atoms with Gasteiger partial charge in [0.15, 0.2) is 0 Å². The van der Waals surface area contributed by atoms with Crippen LogP contribution < -0.4 is 0 Å². The lowest BCUT2D eigenvalue weighted by Crippen LogP contribution is -2.04. The largest absolute Gasteiger partial charge is 0.0887 e. The van der Waals surface area contributed by atoms with Crippen molar-refractivity contribution in [2.75, 3.05) is 0 Å². The molecule has 0 spiro atoms. The summed E-state index contributed by atoms with van der Waals surface area (Å²) in [5.74, 6) is 0. The van der Waals surface area contributed by atoms with Crippen molar-refractivity contribution in [3.05, 3.63) is 69.2 Å². The van der Waals surface area contributed by atoms with Gasteiger partial charge in [-0.05, 0) is 49.4 Å². The van der Waals surface area contributed by atoms with E-state index < -0.39 is 0 Å². The third-order valence-corrected chi connectivity index (χ3v) is 4.79. The normalized spacial score (nSPS) is 12.4. The van der Waals surface area contributed by atoms with Crippen LogP contribution in [0.25, 0.3) is 0 Å². The quantitative estimate of drug-likeness (QED) is 0.545. The predicted molar refractivity (Wildman–Crippen MR) is 92.4 cm³/mol. The van der Waals surface area contributed by atoms with Crippen molar-refractivity contribution in [3.63, 3.8) is 0 Å². The van der Waals surface area contributed by atoms with Crippen LogP contribution in [0.4, 0.5) is 0 Å². The molecule has 0 heterocycles. The molecule has 2 aromatic carbocycles. The molecule has 0 fully saturated rings. The van der Waals surface area contributed by atoms with Crippen molar-refractivity contribution in [3.8, 4) is 0 Å². The molecule has 3 heteroatoms. The first-order valence-corrected chi connectivity index (χ1v) is 8.35. The first kappa shape index (κ1) is 15.9. The average Bonchev–Trinajstić information content (AvgIpc) is 2.41. The van der Waals surface area contributed by atoms with Crippen LogP contribution in [0, 0.1) is 6.92 Å². The molecule has 0 nitrogen and oxygen atoms in total. The zero-order valence-corrected chi connectivity index (χ0v) is 14.5. The van der Waals surface area contributed by atoms with E-state index in [1.807, 2.05) is 18.2 Å². The molecular formula is C17H17BrCl2. The van der Waals surface area contributed by atoms with Gasteiger partial charge in [0, 0.05) is 4.83 Å². The Labute approximate surface area is 139 Å². The Balaban J connectivity index is 1.89. The summed E-state index contributed by atoms with van der Waals surface area (Å²) < 4.78 is 0. The number of alkyl halides is 1. The van der Waals surface area contributed by atoms with E-state index in [-0.39, 0.29) is 0 Å². The van der Waals surface area contributed by atoms with Crippen LogP contribution >= 0.6 is 39.1 Å². The molecule has 0 aromatic heterocycles. The number of halogens is 3. The van der Waals surface area contributed by atoms with Gasteiger partial charge in [-0.15, -0.1) is 0 Å². The number of benzene rings is 2. The fourth-order valence-corrected chi connectivity index (χ4v) is 3.14. The van der Waals surface area contributed by atoms with Gasteiger partial charge in [-0.25, -0.2) is 0 Å². The lowest BCUT2D eigenvalue weighted by atomic mass is 10.0. The van der Waals surface area contributed by atoms with Crippen LogP contribution in [0.15, 0.2) is 42.5 Å². The average molecular weight is 372 g/mol. The maximum absolute atomic E-state index is 6.04. The molecule has 2 aromatic rings. The molecule has 20 heavy (non-hydrogen) atoms. The molecule has 0 aliphatic rings. The van der Waals surface area contributed by atoms with Crippen molar-refractivity contribution in [1.29, 1.82) is 0 Å². The van der Waals surface area contributed by atoms with E-state index in [1.54, 1.807) is 0 Å². The zero-order chi connectivity index (χ0) is 14.5. The van der Waals surface area contributed by atoms with Crippen molar-refractivity contribution >= 4 is 39.1 Å².